The quantitative estimate of drug-likeness (QED) is 0.135. The van der Waals surface area contributed by atoms with Gasteiger partial charge in [0.05, 0.1) is 41.3 Å². The number of carbonyl (C=O) groups excluding carboxylic acids is 1. The van der Waals surface area contributed by atoms with E-state index in [0.717, 1.165) is 41.3 Å². The smallest absolute Gasteiger partial charge is 0.337 e. The molecule has 3 atom stereocenters. The van der Waals surface area contributed by atoms with Crippen LogP contribution in [0.5, 0.6) is 0 Å². The Balaban J connectivity index is 1.41. The van der Waals surface area contributed by atoms with Crippen LogP contribution in [0.25, 0.3) is 0 Å². The number of halogens is 2. The Morgan fingerprint density at radius 2 is 1.69 bits per heavy atom. The zero-order valence-electron chi connectivity index (χ0n) is 23.3. The molecular formula is C34H32Cl2N4O2. The minimum absolute atomic E-state index is 0.00394. The van der Waals surface area contributed by atoms with Gasteiger partial charge in [0.15, 0.2) is 5.96 Å². The van der Waals surface area contributed by atoms with Crippen molar-refractivity contribution in [3.63, 3.8) is 0 Å². The molecule has 4 aromatic carbocycles. The van der Waals surface area contributed by atoms with Crippen molar-refractivity contribution in [3.05, 3.63) is 135 Å². The lowest BCUT2D eigenvalue weighted by Crippen LogP contribution is -2.43. The predicted octanol–water partition coefficient (Wildman–Crippen LogP) is 7.66. The first-order valence-corrected chi connectivity index (χ1v) is 14.8. The summed E-state index contributed by atoms with van der Waals surface area (Å²) >= 11 is 12.8. The molecule has 0 unspecified atom stereocenters. The van der Waals surface area contributed by atoms with E-state index in [1.165, 1.54) is 12.7 Å². The second-order valence-corrected chi connectivity index (χ2v) is 11.5. The predicted molar refractivity (Wildman–Crippen MR) is 169 cm³/mol. The molecule has 2 N–H and O–H groups in total. The number of benzene rings is 4. The molecule has 6 nitrogen and oxygen atoms in total. The average Bonchev–Trinajstić information content (AvgIpc) is 3.48. The van der Waals surface area contributed by atoms with Crippen molar-refractivity contribution in [2.45, 2.75) is 31.6 Å². The maximum Gasteiger partial charge on any atom is 0.337 e. The number of guanidine groups is 1. The Labute approximate surface area is 256 Å². The van der Waals surface area contributed by atoms with Gasteiger partial charge >= 0.3 is 5.97 Å². The minimum atomic E-state index is -0.356. The summed E-state index contributed by atoms with van der Waals surface area (Å²) in [5, 5.41) is 8.47. The van der Waals surface area contributed by atoms with Crippen LogP contribution in [0.15, 0.2) is 102 Å². The Kier molecular flexibility index (Phi) is 8.36. The Morgan fingerprint density at radius 3 is 2.40 bits per heavy atom. The largest absolute Gasteiger partial charge is 0.465 e. The van der Waals surface area contributed by atoms with Gasteiger partial charge in [-0.2, -0.15) is 0 Å². The summed E-state index contributed by atoms with van der Waals surface area (Å²) in [5.41, 5.74) is 5.93. The summed E-state index contributed by atoms with van der Waals surface area (Å²) in [6.07, 6.45) is 0.918. The van der Waals surface area contributed by atoms with E-state index in [-0.39, 0.29) is 24.0 Å². The Hall–Kier alpha value is -4.00. The molecule has 1 saturated heterocycles. The van der Waals surface area contributed by atoms with E-state index in [1.807, 2.05) is 66.7 Å². The van der Waals surface area contributed by atoms with Crippen molar-refractivity contribution < 1.29 is 9.53 Å². The third kappa shape index (κ3) is 5.83. The van der Waals surface area contributed by atoms with Gasteiger partial charge in [0.2, 0.25) is 0 Å². The highest BCUT2D eigenvalue weighted by molar-refractivity contribution is 6.42. The van der Waals surface area contributed by atoms with Gasteiger partial charge in [0.25, 0.3) is 0 Å². The van der Waals surface area contributed by atoms with Gasteiger partial charge < -0.3 is 20.3 Å². The second-order valence-electron chi connectivity index (χ2n) is 10.6. The maximum absolute atomic E-state index is 12.6. The number of carbonyl (C=O) groups is 1. The van der Waals surface area contributed by atoms with Crippen LogP contribution in [0.4, 0.5) is 5.69 Å². The van der Waals surface area contributed by atoms with Crippen molar-refractivity contribution in [1.29, 1.82) is 0 Å². The van der Waals surface area contributed by atoms with E-state index in [1.54, 1.807) is 6.07 Å². The molecule has 4 aromatic rings. The van der Waals surface area contributed by atoms with E-state index < -0.39 is 0 Å². The number of nitrogens with zero attached hydrogens (tertiary/aromatic N) is 2. The van der Waals surface area contributed by atoms with Crippen molar-refractivity contribution in [2.24, 2.45) is 10.9 Å². The second kappa shape index (κ2) is 12.5. The van der Waals surface area contributed by atoms with E-state index in [4.69, 9.17) is 32.9 Å². The zero-order chi connectivity index (χ0) is 29.1. The number of rotatable bonds is 6. The van der Waals surface area contributed by atoms with Crippen LogP contribution in [-0.2, 0) is 17.8 Å². The molecule has 8 heteroatoms. The summed E-state index contributed by atoms with van der Waals surface area (Å²) in [4.78, 5) is 20.1. The Bertz CT molecular complexity index is 1600. The van der Waals surface area contributed by atoms with Gasteiger partial charge in [0.1, 0.15) is 0 Å². The monoisotopic (exact) mass is 598 g/mol. The van der Waals surface area contributed by atoms with Crippen LogP contribution in [0, 0.1) is 5.92 Å². The number of nitrogens with one attached hydrogen (secondary N) is 2. The number of likely N-dealkylation sites (tertiary alicyclic amines) is 1. The van der Waals surface area contributed by atoms with Crippen LogP contribution in [-0.4, -0.2) is 30.5 Å². The fourth-order valence-corrected chi connectivity index (χ4v) is 6.38. The number of aliphatic imine (C=N–C) groups is 1. The highest BCUT2D eigenvalue weighted by Crippen LogP contribution is 2.52. The maximum atomic E-state index is 12.6. The SMILES string of the molecule is COC(=O)c1ccc2c(c1)[C@@H]1[C@@H](CCN1C(=NCc1ccccc1)NCc1ccccc1)[C@H](c1ccc(Cl)c(Cl)c1)N2. The topological polar surface area (TPSA) is 66.0 Å². The number of ether oxygens (including phenoxy) is 1. The van der Waals surface area contributed by atoms with Gasteiger partial charge in [0, 0.05) is 24.7 Å². The lowest BCUT2D eigenvalue weighted by atomic mass is 9.79. The molecule has 2 aliphatic rings. The lowest BCUT2D eigenvalue weighted by Gasteiger charge is -2.41. The molecule has 0 amide bonds. The number of esters is 1. The third-order valence-electron chi connectivity index (χ3n) is 8.10. The van der Waals surface area contributed by atoms with Gasteiger partial charge in [-0.05, 0) is 59.0 Å². The third-order valence-corrected chi connectivity index (χ3v) is 8.84. The molecule has 0 radical (unpaired) electrons. The summed E-state index contributed by atoms with van der Waals surface area (Å²) < 4.78 is 5.07. The first kappa shape index (κ1) is 28.1. The standard InChI is InChI=1S/C34H32Cl2N4O2/c1-42-33(41)25-13-15-30-27(18-25)32-26(31(39-30)24-12-14-28(35)29(36)19-24)16-17-40(32)34(37-20-22-8-4-2-5-9-22)38-21-23-10-6-3-7-11-23/h2-15,18-19,26,31-32,39H,16-17,20-21H2,1H3,(H,37,38)/t26-,31-,32-/m0/s1. The number of hydrogen-bond acceptors (Lipinski definition) is 4. The molecule has 2 aliphatic heterocycles. The molecule has 6 rings (SSSR count). The van der Waals surface area contributed by atoms with E-state index in [0.29, 0.717) is 28.7 Å². The molecular weight excluding hydrogens is 567 g/mol. The zero-order valence-corrected chi connectivity index (χ0v) is 24.8. The van der Waals surface area contributed by atoms with Crippen molar-refractivity contribution in [2.75, 3.05) is 19.0 Å². The van der Waals surface area contributed by atoms with Gasteiger partial charge in [-0.15, -0.1) is 0 Å². The van der Waals surface area contributed by atoms with Crippen LogP contribution in [0.1, 0.15) is 51.1 Å². The first-order chi connectivity index (χ1) is 20.5. The molecule has 42 heavy (non-hydrogen) atoms. The highest BCUT2D eigenvalue weighted by atomic mass is 35.5. The van der Waals surface area contributed by atoms with Crippen molar-refractivity contribution >= 4 is 40.8 Å². The fraction of sp³-hybridized carbons (Fsp3) is 0.235. The summed E-state index contributed by atoms with van der Waals surface area (Å²) in [6.45, 7) is 1.99. The summed E-state index contributed by atoms with van der Waals surface area (Å²) in [7, 11) is 1.41. The Morgan fingerprint density at radius 1 is 0.952 bits per heavy atom. The lowest BCUT2D eigenvalue weighted by molar-refractivity contribution is 0.0600. The molecule has 0 aromatic heterocycles. The van der Waals surface area contributed by atoms with Crippen LogP contribution >= 0.6 is 23.2 Å². The van der Waals surface area contributed by atoms with Gasteiger partial charge in [-0.3, -0.25) is 0 Å². The van der Waals surface area contributed by atoms with E-state index in [9.17, 15) is 4.79 Å². The summed E-state index contributed by atoms with van der Waals surface area (Å²) in [5.74, 6) is 0.660. The summed E-state index contributed by atoms with van der Waals surface area (Å²) in [6, 6.07) is 32.1. The number of methoxy groups -OCH3 is 1. The number of hydrogen-bond donors (Lipinski definition) is 2. The van der Waals surface area contributed by atoms with Crippen molar-refractivity contribution in [1.82, 2.24) is 10.2 Å². The van der Waals surface area contributed by atoms with E-state index in [2.05, 4.69) is 39.8 Å². The van der Waals surface area contributed by atoms with Gasteiger partial charge in [-0.25, -0.2) is 9.79 Å². The number of fused-ring (bicyclic) bond motifs is 3. The highest BCUT2D eigenvalue weighted by Gasteiger charge is 2.46. The van der Waals surface area contributed by atoms with Gasteiger partial charge in [-0.1, -0.05) is 89.9 Å². The average molecular weight is 600 g/mol. The number of anilines is 1. The van der Waals surface area contributed by atoms with Crippen LogP contribution in [0.3, 0.4) is 0 Å². The normalized spacial score (nSPS) is 19.5. The van der Waals surface area contributed by atoms with Crippen LogP contribution in [0.2, 0.25) is 10.0 Å². The van der Waals surface area contributed by atoms with Crippen molar-refractivity contribution in [3.8, 4) is 0 Å². The molecule has 0 saturated carbocycles. The first-order valence-electron chi connectivity index (χ1n) is 14.1. The molecule has 0 bridgehead atoms. The van der Waals surface area contributed by atoms with E-state index >= 15 is 0 Å². The van der Waals surface area contributed by atoms with Crippen LogP contribution < -0.4 is 10.6 Å². The molecule has 0 spiro atoms. The fourth-order valence-electron chi connectivity index (χ4n) is 6.07. The molecule has 2 heterocycles. The minimum Gasteiger partial charge on any atom is -0.465 e. The molecule has 214 valence electrons. The molecule has 1 fully saturated rings. The molecule has 0 aliphatic carbocycles.